The third-order valence-electron chi connectivity index (χ3n) is 7.62. The molecule has 2 aliphatic rings. The molecule has 0 fully saturated rings. The maximum Gasteiger partial charge on any atom is 0.262 e. The number of ether oxygens (including phenoxy) is 1. The predicted octanol–water partition coefficient (Wildman–Crippen LogP) is 9.45. The van der Waals surface area contributed by atoms with E-state index in [0.717, 1.165) is 31.7 Å². The van der Waals surface area contributed by atoms with Crippen LogP contribution in [0.3, 0.4) is 0 Å². The van der Waals surface area contributed by atoms with E-state index in [-0.39, 0.29) is 5.41 Å². The van der Waals surface area contributed by atoms with Crippen molar-refractivity contribution in [1.29, 1.82) is 0 Å². The van der Waals surface area contributed by atoms with E-state index in [9.17, 15) is 0 Å². The lowest BCUT2D eigenvalue weighted by molar-refractivity contribution is -0.690. The van der Waals surface area contributed by atoms with Crippen molar-refractivity contribution in [3.05, 3.63) is 81.5 Å². The largest absolute Gasteiger partial charge is 0.496 e. The summed E-state index contributed by atoms with van der Waals surface area (Å²) in [7, 11) is 1.77. The summed E-state index contributed by atoms with van der Waals surface area (Å²) in [5, 5.41) is 2.63. The molecule has 0 N–H and O–H groups in total. The number of benzene rings is 2. The molecule has 0 saturated heterocycles. The van der Waals surface area contributed by atoms with Crippen LogP contribution in [0.5, 0.6) is 5.75 Å². The average Bonchev–Trinajstić information content (AvgIpc) is 3.50. The summed E-state index contributed by atoms with van der Waals surface area (Å²) < 4.78 is 8.10. The van der Waals surface area contributed by atoms with Gasteiger partial charge in [-0.3, -0.25) is 0 Å². The molecule has 0 atom stereocenters. The number of rotatable bonds is 7. The Balaban J connectivity index is 1.54. The molecule has 0 spiro atoms. The molecule has 0 bridgehead atoms. The highest BCUT2D eigenvalue weighted by atomic mass is 32.2. The zero-order valence-electron chi connectivity index (χ0n) is 24.1. The van der Waals surface area contributed by atoms with Gasteiger partial charge in [0.05, 0.1) is 22.7 Å². The second kappa shape index (κ2) is 11.6. The van der Waals surface area contributed by atoms with Crippen LogP contribution in [-0.2, 0) is 6.54 Å². The number of methoxy groups -OCH3 is 1. The highest BCUT2D eigenvalue weighted by Gasteiger charge is 2.32. The van der Waals surface area contributed by atoms with Crippen LogP contribution in [0, 0.1) is 5.41 Å². The maximum atomic E-state index is 5.71. The number of thioether (sulfide) groups is 2. The lowest BCUT2D eigenvalue weighted by Gasteiger charge is -2.33. The molecule has 6 heteroatoms. The molecule has 5 rings (SSSR count). The van der Waals surface area contributed by atoms with Crippen molar-refractivity contribution >= 4 is 46.6 Å². The molecule has 2 heterocycles. The Morgan fingerprint density at radius 3 is 2.54 bits per heavy atom. The molecule has 0 amide bonds. The van der Waals surface area contributed by atoms with Crippen LogP contribution in [0.25, 0.3) is 16.5 Å². The van der Waals surface area contributed by atoms with E-state index in [2.05, 4.69) is 111 Å². The number of aryl methyl sites for hydroxylation is 1. The monoisotopic (exact) mass is 575 g/mol. The first-order chi connectivity index (χ1) is 18.8. The van der Waals surface area contributed by atoms with E-state index in [1.807, 2.05) is 23.1 Å². The van der Waals surface area contributed by atoms with Crippen molar-refractivity contribution in [3.8, 4) is 16.2 Å². The van der Waals surface area contributed by atoms with Gasteiger partial charge in [0.1, 0.15) is 17.2 Å². The molecule has 0 radical (unpaired) electrons. The van der Waals surface area contributed by atoms with Gasteiger partial charge in [0.15, 0.2) is 6.20 Å². The average molecular weight is 576 g/mol. The number of hydrogen-bond donors (Lipinski definition) is 0. The molecular formula is C33H39N2OS3+. The standard InChI is InChI=1S/C33H39N2OS3/c1-8-34-21-30(23-13-11-10-12-14-23)39-31(34)15-24-19-33(4,5)20-25(22(24)3)16-32-35(9-2)26-17-27(36-6)29(37-7)18-28(26)38-32/h10-18,21H,8-9,19-20H2,1-7H3/q+1. The maximum absolute atomic E-state index is 5.71. The quantitative estimate of drug-likeness (QED) is 0.206. The van der Waals surface area contributed by atoms with E-state index in [1.54, 1.807) is 18.9 Å². The third-order valence-corrected chi connectivity index (χ3v) is 10.6. The van der Waals surface area contributed by atoms with Gasteiger partial charge in [-0.05, 0) is 79.7 Å². The van der Waals surface area contributed by atoms with Crippen LogP contribution in [0.4, 0.5) is 5.69 Å². The van der Waals surface area contributed by atoms with Gasteiger partial charge < -0.3 is 9.64 Å². The third kappa shape index (κ3) is 5.75. The fourth-order valence-corrected chi connectivity index (χ4v) is 8.57. The molecule has 2 aromatic carbocycles. The van der Waals surface area contributed by atoms with Crippen molar-refractivity contribution in [2.24, 2.45) is 5.41 Å². The topological polar surface area (TPSA) is 16.4 Å². The van der Waals surface area contributed by atoms with Gasteiger partial charge in [-0.25, -0.2) is 0 Å². The van der Waals surface area contributed by atoms with Gasteiger partial charge in [0, 0.05) is 23.6 Å². The van der Waals surface area contributed by atoms with E-state index < -0.39 is 0 Å². The summed E-state index contributed by atoms with van der Waals surface area (Å²) in [6.45, 7) is 13.5. The van der Waals surface area contributed by atoms with Crippen molar-refractivity contribution in [2.45, 2.75) is 63.8 Å². The van der Waals surface area contributed by atoms with E-state index in [1.165, 1.54) is 52.7 Å². The first-order valence-electron chi connectivity index (χ1n) is 13.7. The molecule has 3 aromatic rings. The minimum Gasteiger partial charge on any atom is -0.496 e. The van der Waals surface area contributed by atoms with Crippen molar-refractivity contribution < 1.29 is 9.30 Å². The Kier molecular flexibility index (Phi) is 8.37. The Labute approximate surface area is 246 Å². The summed E-state index contributed by atoms with van der Waals surface area (Å²) in [5.41, 5.74) is 7.08. The smallest absolute Gasteiger partial charge is 0.262 e. The second-order valence-corrected chi connectivity index (χ2v) is 13.9. The van der Waals surface area contributed by atoms with Gasteiger partial charge in [-0.2, -0.15) is 4.57 Å². The van der Waals surface area contributed by atoms with Gasteiger partial charge in [0.2, 0.25) is 0 Å². The van der Waals surface area contributed by atoms with Crippen molar-refractivity contribution in [2.75, 3.05) is 24.8 Å². The Morgan fingerprint density at radius 1 is 1.10 bits per heavy atom. The summed E-state index contributed by atoms with van der Waals surface area (Å²) in [4.78, 5) is 6.26. The van der Waals surface area contributed by atoms with E-state index in [0.29, 0.717) is 0 Å². The number of anilines is 1. The minimum absolute atomic E-state index is 0.205. The number of thiazole rings is 1. The van der Waals surface area contributed by atoms with Crippen LogP contribution >= 0.6 is 34.9 Å². The van der Waals surface area contributed by atoms with Crippen LogP contribution in [0.2, 0.25) is 0 Å². The number of aromatic nitrogens is 1. The summed E-state index contributed by atoms with van der Waals surface area (Å²) in [6, 6.07) is 15.2. The zero-order chi connectivity index (χ0) is 27.7. The SMILES string of the molecule is CCN1/C(=C/C2=C(C)C(=C/c3sc(-c4ccccc4)c[n+]3CC)/CC(C)(C)C2)Sc2cc(SC)c(OC)cc21. The first-order valence-corrected chi connectivity index (χ1v) is 16.5. The normalized spacial score (nSPS) is 18.8. The molecule has 3 nitrogen and oxygen atoms in total. The van der Waals surface area contributed by atoms with Gasteiger partial charge >= 0.3 is 0 Å². The fraction of sp³-hybridized carbons (Fsp3) is 0.364. The minimum atomic E-state index is 0.205. The second-order valence-electron chi connectivity index (χ2n) is 10.9. The molecule has 0 unspecified atom stereocenters. The summed E-state index contributed by atoms with van der Waals surface area (Å²) in [6.07, 6.45) is 11.5. The van der Waals surface area contributed by atoms with Gasteiger partial charge in [-0.1, -0.05) is 67.3 Å². The molecule has 204 valence electrons. The van der Waals surface area contributed by atoms with Crippen LogP contribution in [0.1, 0.15) is 52.5 Å². The van der Waals surface area contributed by atoms with Gasteiger partial charge in [0.25, 0.3) is 5.01 Å². The molecule has 0 saturated carbocycles. The van der Waals surface area contributed by atoms with E-state index >= 15 is 0 Å². The summed E-state index contributed by atoms with van der Waals surface area (Å²) in [5.74, 6) is 0.955. The van der Waals surface area contributed by atoms with Crippen LogP contribution in [-0.4, -0.2) is 19.9 Å². The first kappa shape index (κ1) is 28.1. The lowest BCUT2D eigenvalue weighted by Crippen LogP contribution is -2.32. The summed E-state index contributed by atoms with van der Waals surface area (Å²) >= 11 is 5.52. The molecule has 1 aromatic heterocycles. The van der Waals surface area contributed by atoms with Crippen LogP contribution in [0.15, 0.2) is 86.3 Å². The zero-order valence-corrected chi connectivity index (χ0v) is 26.6. The lowest BCUT2D eigenvalue weighted by atomic mass is 9.72. The Bertz CT molecular complexity index is 1460. The number of fused-ring (bicyclic) bond motifs is 1. The molecular weight excluding hydrogens is 537 g/mol. The Hall–Kier alpha value is -2.41. The molecule has 1 aliphatic carbocycles. The predicted molar refractivity (Wildman–Crippen MR) is 171 cm³/mol. The van der Waals surface area contributed by atoms with Crippen molar-refractivity contribution in [1.82, 2.24) is 0 Å². The fourth-order valence-electron chi connectivity index (χ4n) is 5.54. The number of allylic oxidation sites excluding steroid dienone is 4. The highest BCUT2D eigenvalue weighted by Crippen LogP contribution is 2.51. The van der Waals surface area contributed by atoms with Gasteiger partial charge in [-0.15, -0.1) is 11.8 Å². The van der Waals surface area contributed by atoms with Crippen molar-refractivity contribution in [3.63, 3.8) is 0 Å². The molecule has 1 aliphatic heterocycles. The Morgan fingerprint density at radius 2 is 1.87 bits per heavy atom. The number of hydrogen-bond acceptors (Lipinski definition) is 5. The number of nitrogens with zero attached hydrogens (tertiary/aromatic N) is 2. The van der Waals surface area contributed by atoms with Crippen LogP contribution < -0.4 is 14.2 Å². The molecule has 39 heavy (non-hydrogen) atoms. The van der Waals surface area contributed by atoms with E-state index in [4.69, 9.17) is 4.74 Å². The highest BCUT2D eigenvalue weighted by molar-refractivity contribution is 8.03.